The van der Waals surface area contributed by atoms with Gasteiger partial charge in [-0.3, -0.25) is 0 Å². The second kappa shape index (κ2) is 4.46. The summed E-state index contributed by atoms with van der Waals surface area (Å²) in [7, 11) is 0. The molecule has 0 aliphatic rings. The molecule has 22 heavy (non-hydrogen) atoms. The first-order valence-corrected chi connectivity index (χ1v) is 8.19. The third-order valence-corrected chi connectivity index (χ3v) is 5.36. The molecule has 0 unspecified atom stereocenters. The van der Waals surface area contributed by atoms with Crippen LogP contribution in [-0.4, -0.2) is 4.98 Å². The SMILES string of the molecule is c1ccc2[nH]c(-c3cc4c(ccc5ccccc54)s3)cc2c1. The second-order valence-corrected chi connectivity index (χ2v) is 6.66. The van der Waals surface area contributed by atoms with E-state index in [0.29, 0.717) is 0 Å². The van der Waals surface area contributed by atoms with E-state index < -0.39 is 0 Å². The van der Waals surface area contributed by atoms with E-state index in [2.05, 4.69) is 77.8 Å². The molecule has 1 N–H and O–H groups in total. The Bertz CT molecular complexity index is 1100. The van der Waals surface area contributed by atoms with E-state index in [-0.39, 0.29) is 0 Å². The fourth-order valence-electron chi connectivity index (χ4n) is 3.13. The van der Waals surface area contributed by atoms with Crippen molar-refractivity contribution in [2.75, 3.05) is 0 Å². The molecule has 2 heteroatoms. The average Bonchev–Trinajstić information content (AvgIpc) is 3.18. The normalized spacial score (nSPS) is 11.6. The lowest BCUT2D eigenvalue weighted by molar-refractivity contribution is 1.48. The van der Waals surface area contributed by atoms with Crippen molar-refractivity contribution in [3.63, 3.8) is 0 Å². The Balaban J connectivity index is 1.79. The van der Waals surface area contributed by atoms with Gasteiger partial charge in [-0.1, -0.05) is 48.5 Å². The second-order valence-electron chi connectivity index (χ2n) is 5.58. The molecule has 0 fully saturated rings. The zero-order valence-corrected chi connectivity index (χ0v) is 12.7. The first-order chi connectivity index (χ1) is 10.9. The maximum Gasteiger partial charge on any atom is 0.0566 e. The van der Waals surface area contributed by atoms with Crippen LogP contribution in [0.15, 0.2) is 72.8 Å². The predicted octanol–water partition coefficient (Wildman–Crippen LogP) is 6.20. The van der Waals surface area contributed by atoms with E-state index in [1.54, 1.807) is 0 Å². The first-order valence-electron chi connectivity index (χ1n) is 7.38. The Morgan fingerprint density at radius 3 is 2.41 bits per heavy atom. The fraction of sp³-hybridized carbons (Fsp3) is 0. The van der Waals surface area contributed by atoms with Crippen molar-refractivity contribution in [2.24, 2.45) is 0 Å². The molecule has 5 aromatic rings. The van der Waals surface area contributed by atoms with Gasteiger partial charge in [0.1, 0.15) is 0 Å². The smallest absolute Gasteiger partial charge is 0.0566 e. The largest absolute Gasteiger partial charge is 0.354 e. The minimum Gasteiger partial charge on any atom is -0.354 e. The highest BCUT2D eigenvalue weighted by molar-refractivity contribution is 7.22. The van der Waals surface area contributed by atoms with Gasteiger partial charge in [0.25, 0.3) is 0 Å². The summed E-state index contributed by atoms with van der Waals surface area (Å²) in [4.78, 5) is 4.83. The number of nitrogens with one attached hydrogen (secondary N) is 1. The summed E-state index contributed by atoms with van der Waals surface area (Å²) in [5.41, 5.74) is 2.39. The average molecular weight is 299 g/mol. The topological polar surface area (TPSA) is 15.8 Å². The summed E-state index contributed by atoms with van der Waals surface area (Å²) >= 11 is 1.85. The molecule has 5 rings (SSSR count). The molecular formula is C20H13NS. The van der Waals surface area contributed by atoms with Crippen LogP contribution in [-0.2, 0) is 0 Å². The highest BCUT2D eigenvalue weighted by atomic mass is 32.1. The predicted molar refractivity (Wildman–Crippen MR) is 96.6 cm³/mol. The van der Waals surface area contributed by atoms with E-state index in [4.69, 9.17) is 0 Å². The van der Waals surface area contributed by atoms with Crippen LogP contribution in [0, 0.1) is 0 Å². The van der Waals surface area contributed by atoms with Crippen LogP contribution in [0.1, 0.15) is 0 Å². The fourth-order valence-corrected chi connectivity index (χ4v) is 4.18. The lowest BCUT2D eigenvalue weighted by Gasteiger charge is -1.97. The van der Waals surface area contributed by atoms with Gasteiger partial charge in [0, 0.05) is 21.0 Å². The number of aromatic amines is 1. The number of fused-ring (bicyclic) bond motifs is 4. The molecule has 1 nitrogen and oxygen atoms in total. The molecular weight excluding hydrogens is 286 g/mol. The van der Waals surface area contributed by atoms with Gasteiger partial charge in [0.15, 0.2) is 0 Å². The number of H-pyrrole nitrogens is 1. The van der Waals surface area contributed by atoms with E-state index in [1.807, 2.05) is 11.3 Å². The van der Waals surface area contributed by atoms with Crippen LogP contribution < -0.4 is 0 Å². The number of hydrogen-bond acceptors (Lipinski definition) is 1. The third kappa shape index (κ3) is 1.71. The molecule has 0 bridgehead atoms. The summed E-state index contributed by atoms with van der Waals surface area (Å²) in [5, 5.41) is 5.24. The summed E-state index contributed by atoms with van der Waals surface area (Å²) in [5.74, 6) is 0. The molecule has 3 aromatic carbocycles. The monoisotopic (exact) mass is 299 g/mol. The highest BCUT2D eigenvalue weighted by Gasteiger charge is 2.09. The van der Waals surface area contributed by atoms with Crippen LogP contribution in [0.4, 0.5) is 0 Å². The zero-order valence-electron chi connectivity index (χ0n) is 11.8. The Kier molecular flexibility index (Phi) is 2.43. The third-order valence-electron chi connectivity index (χ3n) is 4.22. The zero-order chi connectivity index (χ0) is 14.5. The summed E-state index contributed by atoms with van der Waals surface area (Å²) < 4.78 is 1.34. The van der Waals surface area contributed by atoms with Gasteiger partial charge >= 0.3 is 0 Å². The van der Waals surface area contributed by atoms with E-state index in [9.17, 15) is 0 Å². The van der Waals surface area contributed by atoms with Gasteiger partial charge in [0.2, 0.25) is 0 Å². The van der Waals surface area contributed by atoms with Gasteiger partial charge in [-0.05, 0) is 35.0 Å². The summed E-state index contributed by atoms with van der Waals surface area (Å²) in [6.45, 7) is 0. The highest BCUT2D eigenvalue weighted by Crippen LogP contribution is 2.37. The Labute approximate surface area is 131 Å². The van der Waals surface area contributed by atoms with Gasteiger partial charge in [-0.25, -0.2) is 0 Å². The van der Waals surface area contributed by atoms with Crippen molar-refractivity contribution in [3.05, 3.63) is 72.8 Å². The number of hydrogen-bond donors (Lipinski definition) is 1. The number of aromatic nitrogens is 1. The van der Waals surface area contributed by atoms with Gasteiger partial charge < -0.3 is 4.98 Å². The minimum absolute atomic E-state index is 1.19. The Morgan fingerprint density at radius 2 is 1.50 bits per heavy atom. The molecule has 0 saturated carbocycles. The molecule has 0 atom stereocenters. The summed E-state index contributed by atoms with van der Waals surface area (Å²) in [6, 6.07) is 26.0. The van der Waals surface area contributed by atoms with Crippen LogP contribution >= 0.6 is 11.3 Å². The molecule has 104 valence electrons. The van der Waals surface area contributed by atoms with E-state index in [0.717, 1.165) is 0 Å². The van der Waals surface area contributed by atoms with Gasteiger partial charge in [-0.2, -0.15) is 0 Å². The van der Waals surface area contributed by atoms with Crippen molar-refractivity contribution < 1.29 is 0 Å². The number of benzene rings is 3. The molecule has 2 heterocycles. The number of thiophene rings is 1. The van der Waals surface area contributed by atoms with Gasteiger partial charge in [0.05, 0.1) is 10.6 Å². The van der Waals surface area contributed by atoms with Crippen LogP contribution in [0.2, 0.25) is 0 Å². The van der Waals surface area contributed by atoms with Crippen molar-refractivity contribution in [1.82, 2.24) is 4.98 Å². The van der Waals surface area contributed by atoms with Crippen LogP contribution in [0.25, 0.3) is 42.3 Å². The summed E-state index contributed by atoms with van der Waals surface area (Å²) in [6.07, 6.45) is 0. The standard InChI is InChI=1S/C20H13NS/c1-3-7-15-13(5-1)9-10-19-16(15)12-20(22-19)18-11-14-6-2-4-8-17(14)21-18/h1-12,21H. The number of para-hydroxylation sites is 1. The molecule has 0 aliphatic carbocycles. The lowest BCUT2D eigenvalue weighted by Crippen LogP contribution is -1.71. The van der Waals surface area contributed by atoms with E-state index >= 15 is 0 Å². The van der Waals surface area contributed by atoms with Crippen LogP contribution in [0.3, 0.4) is 0 Å². The quantitative estimate of drug-likeness (QED) is 0.379. The Hall–Kier alpha value is -2.58. The van der Waals surface area contributed by atoms with Crippen molar-refractivity contribution in [3.8, 4) is 10.6 Å². The minimum atomic E-state index is 1.19. The molecule has 2 aromatic heterocycles. The van der Waals surface area contributed by atoms with Crippen molar-refractivity contribution >= 4 is 43.1 Å². The molecule has 0 spiro atoms. The molecule has 0 amide bonds. The lowest BCUT2D eigenvalue weighted by atomic mass is 10.1. The molecule has 0 saturated heterocycles. The van der Waals surface area contributed by atoms with E-state index in [1.165, 1.54) is 42.3 Å². The maximum atomic E-state index is 3.53. The molecule has 0 aliphatic heterocycles. The van der Waals surface area contributed by atoms with Gasteiger partial charge in [-0.15, -0.1) is 11.3 Å². The first kappa shape index (κ1) is 12.0. The van der Waals surface area contributed by atoms with Crippen LogP contribution in [0.5, 0.6) is 0 Å². The number of rotatable bonds is 1. The van der Waals surface area contributed by atoms with Crippen molar-refractivity contribution in [2.45, 2.75) is 0 Å². The maximum absolute atomic E-state index is 3.53. The molecule has 0 radical (unpaired) electrons. The van der Waals surface area contributed by atoms with Crippen molar-refractivity contribution in [1.29, 1.82) is 0 Å². The Morgan fingerprint density at radius 1 is 0.682 bits per heavy atom.